The van der Waals surface area contributed by atoms with Crippen molar-refractivity contribution in [1.82, 2.24) is 4.98 Å². The fraction of sp³-hybridized carbons (Fsp3) is 0.158. The van der Waals surface area contributed by atoms with Gasteiger partial charge in [-0.1, -0.05) is 18.2 Å². The number of fused-ring (bicyclic) bond motifs is 1. The molecule has 8 heteroatoms. The Morgan fingerprint density at radius 2 is 1.48 bits per heavy atom. The molecule has 4 rings (SSSR count). The molecule has 2 aromatic carbocycles. The minimum atomic E-state index is -4.43. The van der Waals surface area contributed by atoms with Crippen LogP contribution in [-0.2, 0) is 15.8 Å². The minimum Gasteiger partial charge on any atom is -0.373 e. The number of hydrogen-bond donors (Lipinski definition) is 3. The smallest absolute Gasteiger partial charge is 0.373 e. The lowest BCUT2D eigenvalue weighted by molar-refractivity contribution is -0.144. The first-order chi connectivity index (χ1) is 12.8. The Bertz CT molecular complexity index is 1020. The van der Waals surface area contributed by atoms with Crippen molar-refractivity contribution >= 4 is 33.8 Å². The summed E-state index contributed by atoms with van der Waals surface area (Å²) in [6, 6.07) is 10.2. The molecule has 1 fully saturated rings. The van der Waals surface area contributed by atoms with Gasteiger partial charge in [-0.15, -0.1) is 0 Å². The van der Waals surface area contributed by atoms with E-state index in [1.165, 1.54) is 12.1 Å². The molecular weight excluding hydrogens is 359 g/mol. The Kier molecular flexibility index (Phi) is 3.91. The van der Waals surface area contributed by atoms with Crippen molar-refractivity contribution in [3.63, 3.8) is 0 Å². The van der Waals surface area contributed by atoms with E-state index in [1.807, 2.05) is 24.3 Å². The molecule has 0 spiro atoms. The van der Waals surface area contributed by atoms with Gasteiger partial charge in [0.2, 0.25) is 11.6 Å². The normalized spacial score (nSPS) is 19.8. The number of hydrogen-bond acceptors (Lipinski definition) is 4. The minimum absolute atomic E-state index is 0.333. The van der Waals surface area contributed by atoms with Crippen LogP contribution in [0.25, 0.3) is 10.9 Å². The van der Waals surface area contributed by atoms with Crippen LogP contribution in [0.4, 0.5) is 24.5 Å². The van der Waals surface area contributed by atoms with Gasteiger partial charge in [-0.2, -0.15) is 13.2 Å². The summed E-state index contributed by atoms with van der Waals surface area (Å²) < 4.78 is 37.9. The van der Waals surface area contributed by atoms with Crippen LogP contribution in [0.5, 0.6) is 0 Å². The summed E-state index contributed by atoms with van der Waals surface area (Å²) in [6.07, 6.45) is -2.73. The van der Waals surface area contributed by atoms with E-state index in [-0.39, 0.29) is 0 Å². The van der Waals surface area contributed by atoms with Gasteiger partial charge >= 0.3 is 6.18 Å². The number of benzene rings is 2. The predicted octanol–water partition coefficient (Wildman–Crippen LogP) is 3.60. The highest BCUT2D eigenvalue weighted by atomic mass is 19.4. The van der Waals surface area contributed by atoms with Gasteiger partial charge in [-0.05, 0) is 30.3 Å². The number of anilines is 2. The number of nitrogens with one attached hydrogen (secondary N) is 3. The number of aromatic amines is 1. The Morgan fingerprint density at radius 3 is 2.15 bits per heavy atom. The van der Waals surface area contributed by atoms with E-state index in [2.05, 4.69) is 15.6 Å². The SMILES string of the molecule is O=C1C(=O)C(Nc2c[nH]c3ccccc23)C1Nc1ccc(C(F)(F)F)cc1. The summed E-state index contributed by atoms with van der Waals surface area (Å²) in [6.45, 7) is 0. The topological polar surface area (TPSA) is 74.0 Å². The number of para-hydroxylation sites is 1. The van der Waals surface area contributed by atoms with E-state index in [0.29, 0.717) is 11.4 Å². The lowest BCUT2D eigenvalue weighted by atomic mass is 9.82. The van der Waals surface area contributed by atoms with Gasteiger partial charge in [-0.3, -0.25) is 9.59 Å². The zero-order chi connectivity index (χ0) is 19.2. The van der Waals surface area contributed by atoms with Crippen molar-refractivity contribution in [1.29, 1.82) is 0 Å². The van der Waals surface area contributed by atoms with Crippen molar-refractivity contribution < 1.29 is 22.8 Å². The molecule has 1 saturated carbocycles. The Morgan fingerprint density at radius 1 is 0.852 bits per heavy atom. The van der Waals surface area contributed by atoms with Gasteiger partial charge in [0.05, 0.1) is 11.3 Å². The van der Waals surface area contributed by atoms with E-state index in [4.69, 9.17) is 0 Å². The quantitative estimate of drug-likeness (QED) is 0.611. The van der Waals surface area contributed by atoms with Crippen LogP contribution in [0.15, 0.2) is 54.7 Å². The maximum Gasteiger partial charge on any atom is 0.416 e. The zero-order valence-corrected chi connectivity index (χ0v) is 13.8. The molecule has 3 N–H and O–H groups in total. The van der Waals surface area contributed by atoms with Gasteiger partial charge in [-0.25, -0.2) is 0 Å². The highest BCUT2D eigenvalue weighted by molar-refractivity contribution is 6.50. The number of carbonyl (C=O) groups excluding carboxylic acids is 2. The standard InChI is InChI=1S/C19H14F3N3O2/c20-19(21,22)10-5-7-11(8-6-10)24-15-16(18(27)17(15)26)25-14-9-23-13-4-2-1-3-12(13)14/h1-9,15-16,23-25H. The molecule has 2 unspecified atom stereocenters. The average Bonchev–Trinajstić information content (AvgIpc) is 3.07. The van der Waals surface area contributed by atoms with Gasteiger partial charge in [0.15, 0.2) is 0 Å². The Hall–Kier alpha value is -3.29. The summed E-state index contributed by atoms with van der Waals surface area (Å²) in [7, 11) is 0. The van der Waals surface area contributed by atoms with Crippen molar-refractivity contribution in [2.75, 3.05) is 10.6 Å². The van der Waals surface area contributed by atoms with Crippen LogP contribution in [0, 0.1) is 0 Å². The fourth-order valence-corrected chi connectivity index (χ4v) is 3.10. The van der Waals surface area contributed by atoms with Crippen LogP contribution >= 0.6 is 0 Å². The van der Waals surface area contributed by atoms with Gasteiger partial charge in [0.1, 0.15) is 12.1 Å². The number of ketones is 2. The third-order valence-corrected chi connectivity index (χ3v) is 4.58. The number of halogens is 3. The van der Waals surface area contributed by atoms with Crippen LogP contribution in [0.3, 0.4) is 0 Å². The molecule has 0 bridgehead atoms. The number of rotatable bonds is 4. The second-order valence-corrected chi connectivity index (χ2v) is 6.30. The summed E-state index contributed by atoms with van der Waals surface area (Å²) in [4.78, 5) is 27.0. The van der Waals surface area contributed by atoms with Crippen LogP contribution in [0.1, 0.15) is 5.56 Å². The molecule has 1 aliphatic rings. The third kappa shape index (κ3) is 3.03. The highest BCUT2D eigenvalue weighted by Gasteiger charge is 2.49. The Labute approximate surface area is 151 Å². The summed E-state index contributed by atoms with van der Waals surface area (Å²) >= 11 is 0. The largest absolute Gasteiger partial charge is 0.416 e. The van der Waals surface area contributed by atoms with E-state index in [1.54, 1.807) is 6.20 Å². The number of aromatic nitrogens is 1. The number of alkyl halides is 3. The van der Waals surface area contributed by atoms with Crippen molar-refractivity contribution in [3.8, 4) is 0 Å². The predicted molar refractivity (Wildman–Crippen MR) is 94.6 cm³/mol. The summed E-state index contributed by atoms with van der Waals surface area (Å²) in [5, 5.41) is 6.75. The monoisotopic (exact) mass is 373 g/mol. The molecule has 0 amide bonds. The van der Waals surface area contributed by atoms with E-state index < -0.39 is 35.4 Å². The highest BCUT2D eigenvalue weighted by Crippen LogP contribution is 2.31. The maximum atomic E-state index is 12.6. The molecule has 5 nitrogen and oxygen atoms in total. The lowest BCUT2D eigenvalue weighted by Crippen LogP contribution is -2.64. The number of Topliss-reactive ketones (excluding diaryl/α,β-unsaturated/α-hetero) is 2. The molecule has 0 aliphatic heterocycles. The first-order valence-electron chi connectivity index (χ1n) is 8.19. The average molecular weight is 373 g/mol. The third-order valence-electron chi connectivity index (χ3n) is 4.58. The number of H-pyrrole nitrogens is 1. The van der Waals surface area contributed by atoms with Crippen LogP contribution in [-0.4, -0.2) is 28.6 Å². The van der Waals surface area contributed by atoms with E-state index >= 15 is 0 Å². The first-order valence-corrected chi connectivity index (χ1v) is 8.19. The van der Waals surface area contributed by atoms with Crippen molar-refractivity contribution in [3.05, 3.63) is 60.3 Å². The number of carbonyl (C=O) groups is 2. The summed E-state index contributed by atoms with van der Waals surface area (Å²) in [5.41, 5.74) is 1.11. The van der Waals surface area contributed by atoms with Crippen LogP contribution < -0.4 is 10.6 Å². The molecule has 1 aliphatic carbocycles. The van der Waals surface area contributed by atoms with Gasteiger partial charge in [0.25, 0.3) is 0 Å². The van der Waals surface area contributed by atoms with Gasteiger partial charge in [0, 0.05) is 22.8 Å². The van der Waals surface area contributed by atoms with Crippen LogP contribution in [0.2, 0.25) is 0 Å². The second-order valence-electron chi connectivity index (χ2n) is 6.30. The molecular formula is C19H14F3N3O2. The Balaban J connectivity index is 1.52. The molecule has 3 aromatic rings. The van der Waals surface area contributed by atoms with E-state index in [0.717, 1.165) is 23.0 Å². The van der Waals surface area contributed by atoms with Crippen molar-refractivity contribution in [2.24, 2.45) is 0 Å². The molecule has 0 saturated heterocycles. The molecule has 0 radical (unpaired) electrons. The molecule has 1 aromatic heterocycles. The molecule has 138 valence electrons. The molecule has 1 heterocycles. The second kappa shape index (κ2) is 6.15. The fourth-order valence-electron chi connectivity index (χ4n) is 3.10. The first kappa shape index (κ1) is 17.1. The maximum absolute atomic E-state index is 12.6. The van der Waals surface area contributed by atoms with E-state index in [9.17, 15) is 22.8 Å². The summed E-state index contributed by atoms with van der Waals surface area (Å²) in [5.74, 6) is -1.17. The lowest BCUT2D eigenvalue weighted by Gasteiger charge is -2.35. The zero-order valence-electron chi connectivity index (χ0n) is 13.8. The molecule has 27 heavy (non-hydrogen) atoms. The molecule has 2 atom stereocenters. The van der Waals surface area contributed by atoms with Gasteiger partial charge < -0.3 is 15.6 Å². The van der Waals surface area contributed by atoms with Crippen molar-refractivity contribution in [2.45, 2.75) is 18.3 Å².